The van der Waals surface area contributed by atoms with Crippen LogP contribution in [0.1, 0.15) is 11.3 Å². The molecule has 0 bridgehead atoms. The van der Waals surface area contributed by atoms with Crippen molar-refractivity contribution in [2.24, 2.45) is 0 Å². The second kappa shape index (κ2) is 7.70. The lowest BCUT2D eigenvalue weighted by Gasteiger charge is -2.04. The SMILES string of the molecule is O=C(Cc1csc(-c2cc(Br)cs2)n1)NCc1cccc(Br)c1. The average Bonchev–Trinajstić information content (AvgIpc) is 3.14. The van der Waals surface area contributed by atoms with Crippen LogP contribution >= 0.6 is 54.5 Å². The third-order valence-corrected chi connectivity index (χ3v) is 6.30. The maximum absolute atomic E-state index is 12.1. The standard InChI is InChI=1S/C16H12Br2N2OS2/c17-11-3-1-2-10(4-11)7-19-15(21)6-13-9-23-16(20-13)14-5-12(18)8-22-14/h1-5,8-9H,6-7H2,(H,19,21). The van der Waals surface area contributed by atoms with E-state index in [2.05, 4.69) is 42.2 Å². The summed E-state index contributed by atoms with van der Waals surface area (Å²) in [5.74, 6) is -0.0193. The summed E-state index contributed by atoms with van der Waals surface area (Å²) < 4.78 is 2.07. The van der Waals surface area contributed by atoms with Gasteiger partial charge >= 0.3 is 0 Å². The summed E-state index contributed by atoms with van der Waals surface area (Å²) in [4.78, 5) is 17.7. The fraction of sp³-hybridized carbons (Fsp3) is 0.125. The number of aromatic nitrogens is 1. The minimum absolute atomic E-state index is 0.0193. The van der Waals surface area contributed by atoms with Crippen molar-refractivity contribution >= 4 is 60.4 Å². The molecule has 118 valence electrons. The van der Waals surface area contributed by atoms with Crippen LogP contribution in [0.5, 0.6) is 0 Å². The van der Waals surface area contributed by atoms with Crippen molar-refractivity contribution < 1.29 is 4.79 Å². The van der Waals surface area contributed by atoms with E-state index in [-0.39, 0.29) is 5.91 Å². The van der Waals surface area contributed by atoms with Gasteiger partial charge in [0.1, 0.15) is 5.01 Å². The molecule has 3 rings (SSSR count). The van der Waals surface area contributed by atoms with Gasteiger partial charge < -0.3 is 5.32 Å². The summed E-state index contributed by atoms with van der Waals surface area (Å²) in [6.45, 7) is 0.521. The molecular weight excluding hydrogens is 460 g/mol. The molecule has 0 spiro atoms. The zero-order valence-corrected chi connectivity index (χ0v) is 16.7. The Morgan fingerprint density at radius 2 is 2.00 bits per heavy atom. The fourth-order valence-corrected chi connectivity index (χ4v) is 4.78. The first-order chi connectivity index (χ1) is 11.1. The lowest BCUT2D eigenvalue weighted by atomic mass is 10.2. The lowest BCUT2D eigenvalue weighted by Crippen LogP contribution is -2.24. The molecule has 3 nitrogen and oxygen atoms in total. The van der Waals surface area contributed by atoms with Gasteiger partial charge in [0, 0.05) is 26.3 Å². The summed E-state index contributed by atoms with van der Waals surface area (Å²) in [5, 5.41) is 7.86. The molecule has 7 heteroatoms. The number of carbonyl (C=O) groups is 1. The van der Waals surface area contributed by atoms with Gasteiger partial charge in [-0.3, -0.25) is 4.79 Å². The number of nitrogens with one attached hydrogen (secondary N) is 1. The van der Waals surface area contributed by atoms with Crippen molar-refractivity contribution in [2.45, 2.75) is 13.0 Å². The van der Waals surface area contributed by atoms with Crippen LogP contribution in [0.2, 0.25) is 0 Å². The van der Waals surface area contributed by atoms with Crippen LogP contribution in [0.25, 0.3) is 9.88 Å². The van der Waals surface area contributed by atoms with Crippen molar-refractivity contribution in [1.82, 2.24) is 10.3 Å². The Morgan fingerprint density at radius 3 is 2.74 bits per heavy atom. The lowest BCUT2D eigenvalue weighted by molar-refractivity contribution is -0.120. The highest BCUT2D eigenvalue weighted by molar-refractivity contribution is 9.10. The molecule has 1 N–H and O–H groups in total. The molecular formula is C16H12Br2N2OS2. The summed E-state index contributed by atoms with van der Waals surface area (Å²) in [6, 6.07) is 9.94. The Bertz CT molecular complexity index is 829. The number of thiazole rings is 1. The molecule has 0 aliphatic carbocycles. The molecule has 0 radical (unpaired) electrons. The molecule has 0 aliphatic heterocycles. The van der Waals surface area contributed by atoms with E-state index in [9.17, 15) is 4.79 Å². The van der Waals surface area contributed by atoms with Crippen LogP contribution in [0, 0.1) is 0 Å². The van der Waals surface area contributed by atoms with Gasteiger partial charge in [0.25, 0.3) is 0 Å². The monoisotopic (exact) mass is 470 g/mol. The Balaban J connectivity index is 1.57. The maximum Gasteiger partial charge on any atom is 0.226 e. The van der Waals surface area contributed by atoms with Gasteiger partial charge in [0.05, 0.1) is 17.0 Å². The zero-order chi connectivity index (χ0) is 16.2. The molecule has 0 saturated heterocycles. The van der Waals surface area contributed by atoms with Gasteiger partial charge in [-0.15, -0.1) is 22.7 Å². The fourth-order valence-electron chi connectivity index (χ4n) is 2.00. The number of benzene rings is 1. The molecule has 3 aromatic rings. The van der Waals surface area contributed by atoms with Crippen molar-refractivity contribution in [3.63, 3.8) is 0 Å². The van der Waals surface area contributed by atoms with Crippen LogP contribution in [0.3, 0.4) is 0 Å². The number of halogens is 2. The normalized spacial score (nSPS) is 10.7. The van der Waals surface area contributed by atoms with E-state index in [4.69, 9.17) is 0 Å². The first-order valence-corrected chi connectivity index (χ1v) is 10.1. The third kappa shape index (κ3) is 4.73. The summed E-state index contributed by atoms with van der Waals surface area (Å²) in [6.07, 6.45) is 0.303. The van der Waals surface area contributed by atoms with E-state index in [1.807, 2.05) is 41.1 Å². The highest BCUT2D eigenvalue weighted by Crippen LogP contribution is 2.32. The molecule has 0 aliphatic rings. The molecule has 0 saturated carbocycles. The van der Waals surface area contributed by atoms with E-state index < -0.39 is 0 Å². The molecule has 2 heterocycles. The van der Waals surface area contributed by atoms with Gasteiger partial charge in [-0.05, 0) is 39.7 Å². The maximum atomic E-state index is 12.1. The number of hydrogen-bond donors (Lipinski definition) is 1. The third-order valence-electron chi connectivity index (χ3n) is 3.05. The van der Waals surface area contributed by atoms with Crippen LogP contribution in [-0.2, 0) is 17.8 Å². The van der Waals surface area contributed by atoms with Crippen molar-refractivity contribution in [1.29, 1.82) is 0 Å². The largest absolute Gasteiger partial charge is 0.352 e. The van der Waals surface area contributed by atoms with Gasteiger partial charge in [0.15, 0.2) is 0 Å². The molecule has 2 aromatic heterocycles. The number of hydrogen-bond acceptors (Lipinski definition) is 4. The van der Waals surface area contributed by atoms with E-state index >= 15 is 0 Å². The number of carbonyl (C=O) groups excluding carboxylic acids is 1. The first kappa shape index (κ1) is 16.8. The second-order valence-corrected chi connectivity index (χ2v) is 8.46. The van der Waals surface area contributed by atoms with Gasteiger partial charge in [-0.1, -0.05) is 28.1 Å². The van der Waals surface area contributed by atoms with Crippen LogP contribution in [0.4, 0.5) is 0 Å². The Labute approximate surface area is 159 Å². The van der Waals surface area contributed by atoms with E-state index in [1.165, 1.54) is 0 Å². The average molecular weight is 472 g/mol. The minimum atomic E-state index is -0.0193. The predicted octanol–water partition coefficient (Wildman–Crippen LogP) is 5.26. The molecule has 0 atom stereocenters. The first-order valence-electron chi connectivity index (χ1n) is 6.80. The molecule has 23 heavy (non-hydrogen) atoms. The highest BCUT2D eigenvalue weighted by Gasteiger charge is 2.10. The highest BCUT2D eigenvalue weighted by atomic mass is 79.9. The predicted molar refractivity (Wildman–Crippen MR) is 103 cm³/mol. The van der Waals surface area contributed by atoms with Crippen LogP contribution in [-0.4, -0.2) is 10.9 Å². The van der Waals surface area contributed by atoms with Gasteiger partial charge in [-0.2, -0.15) is 0 Å². The zero-order valence-electron chi connectivity index (χ0n) is 11.9. The summed E-state index contributed by atoms with van der Waals surface area (Å²) in [5.41, 5.74) is 1.87. The summed E-state index contributed by atoms with van der Waals surface area (Å²) >= 11 is 10.1. The van der Waals surface area contributed by atoms with E-state index in [1.54, 1.807) is 22.7 Å². The topological polar surface area (TPSA) is 42.0 Å². The Kier molecular flexibility index (Phi) is 5.63. The van der Waals surface area contributed by atoms with Gasteiger partial charge in [0.2, 0.25) is 5.91 Å². The van der Waals surface area contributed by atoms with Crippen molar-refractivity contribution in [3.05, 3.63) is 61.3 Å². The molecule has 0 fully saturated rings. The number of thiophene rings is 1. The molecule has 1 aromatic carbocycles. The van der Waals surface area contributed by atoms with Crippen LogP contribution in [0.15, 0.2) is 50.0 Å². The Hall–Kier alpha value is -1.02. The van der Waals surface area contributed by atoms with E-state index in [0.29, 0.717) is 13.0 Å². The minimum Gasteiger partial charge on any atom is -0.352 e. The second-order valence-electron chi connectivity index (χ2n) is 4.86. The van der Waals surface area contributed by atoms with Crippen molar-refractivity contribution in [3.8, 4) is 9.88 Å². The van der Waals surface area contributed by atoms with Crippen molar-refractivity contribution in [2.75, 3.05) is 0 Å². The van der Waals surface area contributed by atoms with E-state index in [0.717, 1.165) is 30.1 Å². The van der Waals surface area contributed by atoms with Crippen LogP contribution < -0.4 is 5.32 Å². The smallest absolute Gasteiger partial charge is 0.226 e. The molecule has 0 unspecified atom stereocenters. The number of nitrogens with zero attached hydrogens (tertiary/aromatic N) is 1. The van der Waals surface area contributed by atoms with Gasteiger partial charge in [-0.25, -0.2) is 4.98 Å². The number of rotatable bonds is 5. The Morgan fingerprint density at radius 1 is 1.13 bits per heavy atom. The number of amides is 1. The summed E-state index contributed by atoms with van der Waals surface area (Å²) in [7, 11) is 0. The quantitative estimate of drug-likeness (QED) is 0.551. The molecule has 1 amide bonds.